The van der Waals surface area contributed by atoms with Gasteiger partial charge in [-0.2, -0.15) is 0 Å². The van der Waals surface area contributed by atoms with Crippen molar-refractivity contribution in [1.29, 1.82) is 0 Å². The lowest BCUT2D eigenvalue weighted by atomic mass is 10.3. The van der Waals surface area contributed by atoms with Crippen molar-refractivity contribution < 1.29 is 0 Å². The molecule has 1 saturated heterocycles. The second kappa shape index (κ2) is 14.1. The highest BCUT2D eigenvalue weighted by atomic mass is 127. The largest absolute Gasteiger partial charge is 0.357 e. The molecule has 0 unspecified atom stereocenters. The number of aromatic nitrogens is 5. The van der Waals surface area contributed by atoms with Crippen molar-refractivity contribution in [2.75, 3.05) is 57.3 Å². The molecule has 3 heterocycles. The number of hydrogen-bond donors (Lipinski definition) is 2. The van der Waals surface area contributed by atoms with Crippen molar-refractivity contribution in [3.05, 3.63) is 30.6 Å². The summed E-state index contributed by atoms with van der Waals surface area (Å²) in [5, 5.41) is 14.8. The van der Waals surface area contributed by atoms with Crippen LogP contribution in [0.1, 0.15) is 26.1 Å². The first-order valence-electron chi connectivity index (χ1n) is 10.9. The lowest BCUT2D eigenvalue weighted by molar-refractivity contribution is 0.255. The molecule has 10 nitrogen and oxygen atoms in total. The molecule has 0 atom stereocenters. The molecule has 3 rings (SSSR count). The third-order valence-electron chi connectivity index (χ3n) is 5.11. The van der Waals surface area contributed by atoms with E-state index in [0.29, 0.717) is 0 Å². The van der Waals surface area contributed by atoms with Crippen LogP contribution in [0, 0.1) is 0 Å². The molecule has 0 spiro atoms. The molecule has 1 aliphatic heterocycles. The molecule has 1 fully saturated rings. The second-order valence-electron chi connectivity index (χ2n) is 7.21. The minimum absolute atomic E-state index is 0. The highest BCUT2D eigenvalue weighted by Crippen LogP contribution is 2.09. The average Bonchev–Trinajstić information content (AvgIpc) is 3.25. The van der Waals surface area contributed by atoms with E-state index in [1.54, 1.807) is 18.7 Å². The van der Waals surface area contributed by atoms with E-state index < -0.39 is 0 Å². The fraction of sp³-hybridized carbons (Fsp3) is 0.650. The second-order valence-corrected chi connectivity index (χ2v) is 7.21. The van der Waals surface area contributed by atoms with Crippen molar-refractivity contribution in [2.45, 2.75) is 33.2 Å². The third kappa shape index (κ3) is 8.20. The van der Waals surface area contributed by atoms with Gasteiger partial charge in [0.15, 0.2) is 5.96 Å². The fourth-order valence-electron chi connectivity index (χ4n) is 3.49. The van der Waals surface area contributed by atoms with Gasteiger partial charge in [-0.25, -0.2) is 9.97 Å². The Kier molecular flexibility index (Phi) is 11.5. The van der Waals surface area contributed by atoms with Crippen LogP contribution in [-0.2, 0) is 13.0 Å². The average molecular weight is 542 g/mol. The number of piperazine rings is 1. The van der Waals surface area contributed by atoms with Crippen LogP contribution in [0.4, 0.5) is 5.95 Å². The van der Waals surface area contributed by atoms with E-state index in [9.17, 15) is 0 Å². The number of nitrogens with one attached hydrogen (secondary N) is 2. The summed E-state index contributed by atoms with van der Waals surface area (Å²) >= 11 is 0. The van der Waals surface area contributed by atoms with Gasteiger partial charge in [0.1, 0.15) is 12.2 Å². The van der Waals surface area contributed by atoms with Gasteiger partial charge in [0.05, 0.1) is 0 Å². The first kappa shape index (κ1) is 25.2. The lowest BCUT2D eigenvalue weighted by Crippen LogP contribution is -2.47. The molecule has 0 saturated carbocycles. The third-order valence-corrected chi connectivity index (χ3v) is 5.11. The number of rotatable bonds is 10. The Hall–Kier alpha value is -2.02. The molecule has 31 heavy (non-hydrogen) atoms. The summed E-state index contributed by atoms with van der Waals surface area (Å²) < 4.78 is 2.08. The number of aryl methyl sites for hydroxylation is 1. The van der Waals surface area contributed by atoms with Gasteiger partial charge < -0.3 is 20.1 Å². The van der Waals surface area contributed by atoms with Crippen molar-refractivity contribution in [3.63, 3.8) is 0 Å². The topological polar surface area (TPSA) is 99.4 Å². The molecule has 1 aliphatic rings. The molecule has 0 amide bonds. The normalized spacial score (nSPS) is 14.9. The molecule has 172 valence electrons. The van der Waals surface area contributed by atoms with Crippen LogP contribution in [0.2, 0.25) is 0 Å². The summed E-state index contributed by atoms with van der Waals surface area (Å²) in [6.45, 7) is 12.5. The predicted octanol–water partition coefficient (Wildman–Crippen LogP) is 1.02. The Morgan fingerprint density at radius 3 is 2.55 bits per heavy atom. The highest BCUT2D eigenvalue weighted by molar-refractivity contribution is 14.0. The number of hydrogen-bond acceptors (Lipinski definition) is 7. The maximum absolute atomic E-state index is 4.72. The first-order chi connectivity index (χ1) is 14.8. The maximum atomic E-state index is 4.72. The number of nitrogens with zero attached hydrogens (tertiary/aromatic N) is 8. The summed E-state index contributed by atoms with van der Waals surface area (Å²) in [6, 6.07) is 1.86. The van der Waals surface area contributed by atoms with Crippen LogP contribution in [0.25, 0.3) is 0 Å². The molecule has 2 N–H and O–H groups in total. The summed E-state index contributed by atoms with van der Waals surface area (Å²) in [5.74, 6) is 2.72. The summed E-state index contributed by atoms with van der Waals surface area (Å²) in [4.78, 5) is 18.2. The van der Waals surface area contributed by atoms with Crippen molar-refractivity contribution in [2.24, 2.45) is 4.99 Å². The van der Waals surface area contributed by atoms with Gasteiger partial charge in [-0.3, -0.25) is 9.89 Å². The molecule has 0 radical (unpaired) electrons. The van der Waals surface area contributed by atoms with Crippen molar-refractivity contribution >= 4 is 35.9 Å². The first-order valence-corrected chi connectivity index (χ1v) is 10.9. The number of halogens is 1. The van der Waals surface area contributed by atoms with E-state index in [1.165, 1.54) is 0 Å². The van der Waals surface area contributed by atoms with Gasteiger partial charge in [0.2, 0.25) is 5.95 Å². The van der Waals surface area contributed by atoms with E-state index in [-0.39, 0.29) is 24.0 Å². The smallest absolute Gasteiger partial charge is 0.225 e. The molecule has 2 aromatic rings. The zero-order chi connectivity index (χ0) is 21.0. The minimum atomic E-state index is 0. The molecular weight excluding hydrogens is 507 g/mol. The summed E-state index contributed by atoms with van der Waals surface area (Å²) in [6.07, 6.45) is 7.33. The molecule has 0 bridgehead atoms. The van der Waals surface area contributed by atoms with Crippen LogP contribution >= 0.6 is 24.0 Å². The Bertz CT molecular complexity index is 758. The van der Waals surface area contributed by atoms with E-state index in [2.05, 4.69) is 59.0 Å². The fourth-order valence-corrected chi connectivity index (χ4v) is 3.49. The zero-order valence-corrected chi connectivity index (χ0v) is 20.9. The van der Waals surface area contributed by atoms with Gasteiger partial charge >= 0.3 is 0 Å². The molecule has 2 aromatic heterocycles. The number of guanidine groups is 1. The zero-order valence-electron chi connectivity index (χ0n) is 18.6. The SMILES string of the molecule is CCNC(=NCCCN1CCN(c2ncccn2)CC1)NCCn1cnnc1CC.I. The Labute approximate surface area is 202 Å². The van der Waals surface area contributed by atoms with Crippen LogP contribution in [0.3, 0.4) is 0 Å². The molecular formula is C20H35IN10. The summed E-state index contributed by atoms with van der Waals surface area (Å²) in [7, 11) is 0. The predicted molar refractivity (Wildman–Crippen MR) is 134 cm³/mol. The van der Waals surface area contributed by atoms with Crippen LogP contribution in [0.15, 0.2) is 29.8 Å². The van der Waals surface area contributed by atoms with Crippen molar-refractivity contribution in [1.82, 2.24) is 40.3 Å². The highest BCUT2D eigenvalue weighted by Gasteiger charge is 2.18. The minimum Gasteiger partial charge on any atom is -0.357 e. The van der Waals surface area contributed by atoms with Gasteiger partial charge in [0.25, 0.3) is 0 Å². The number of anilines is 1. The van der Waals surface area contributed by atoms with E-state index in [1.807, 2.05) is 6.07 Å². The Balaban J connectivity index is 0.00000341. The van der Waals surface area contributed by atoms with Crippen LogP contribution in [0.5, 0.6) is 0 Å². The maximum Gasteiger partial charge on any atom is 0.225 e. The monoisotopic (exact) mass is 542 g/mol. The van der Waals surface area contributed by atoms with Gasteiger partial charge in [-0.05, 0) is 19.4 Å². The van der Waals surface area contributed by atoms with Crippen LogP contribution < -0.4 is 15.5 Å². The van der Waals surface area contributed by atoms with Crippen molar-refractivity contribution in [3.8, 4) is 0 Å². The van der Waals surface area contributed by atoms with Gasteiger partial charge in [-0.1, -0.05) is 6.92 Å². The Morgan fingerprint density at radius 2 is 1.84 bits per heavy atom. The van der Waals surface area contributed by atoms with Gasteiger partial charge in [0, 0.05) is 77.7 Å². The van der Waals surface area contributed by atoms with E-state index in [0.717, 1.165) is 89.5 Å². The number of aliphatic imine (C=N–C) groups is 1. The lowest BCUT2D eigenvalue weighted by Gasteiger charge is -2.34. The molecule has 11 heteroatoms. The van der Waals surface area contributed by atoms with E-state index >= 15 is 0 Å². The molecule has 0 aliphatic carbocycles. The standard InChI is InChI=1S/C20H34N10.HI/c1-3-18-27-26-17-30(18)12-10-23-19(21-4-2)22-9-6-11-28-13-15-29(16-14-28)20-24-7-5-8-25-20;/h5,7-8,17H,3-4,6,9-16H2,1-2H3,(H2,21,22,23);1H. The quantitative estimate of drug-likeness (QED) is 0.199. The van der Waals surface area contributed by atoms with Gasteiger partial charge in [-0.15, -0.1) is 34.2 Å². The Morgan fingerprint density at radius 1 is 1.06 bits per heavy atom. The molecule has 0 aromatic carbocycles. The summed E-state index contributed by atoms with van der Waals surface area (Å²) in [5.41, 5.74) is 0. The van der Waals surface area contributed by atoms with Crippen LogP contribution in [-0.4, -0.2) is 87.9 Å². The van der Waals surface area contributed by atoms with E-state index in [4.69, 9.17) is 4.99 Å².